The zero-order chi connectivity index (χ0) is 19.0. The van der Waals surface area contributed by atoms with Crippen molar-refractivity contribution >= 4 is 17.7 Å². The molecule has 2 rings (SSSR count). The molecule has 0 unspecified atom stereocenters. The number of hydrogen-bond donors (Lipinski definition) is 1. The van der Waals surface area contributed by atoms with Crippen molar-refractivity contribution in [3.63, 3.8) is 0 Å². The number of urea groups is 1. The second-order valence-corrected chi connectivity index (χ2v) is 7.02. The maximum Gasteiger partial charge on any atom is 0.387 e. The highest BCUT2D eigenvalue weighted by molar-refractivity contribution is 6.09. The van der Waals surface area contributed by atoms with Crippen LogP contribution in [-0.2, 0) is 15.1 Å². The number of benzene rings is 1. The number of alkyl halides is 2. The molecule has 1 aliphatic heterocycles. The van der Waals surface area contributed by atoms with Crippen molar-refractivity contribution in [1.82, 2.24) is 10.2 Å². The maximum absolute atomic E-state index is 12.7. The molecule has 1 heterocycles. The Labute approximate surface area is 144 Å². The van der Waals surface area contributed by atoms with E-state index in [0.29, 0.717) is 5.56 Å². The van der Waals surface area contributed by atoms with Gasteiger partial charge in [0, 0.05) is 5.41 Å². The van der Waals surface area contributed by atoms with Gasteiger partial charge in [-0.3, -0.25) is 14.5 Å². The third kappa shape index (κ3) is 3.78. The van der Waals surface area contributed by atoms with E-state index in [1.165, 1.54) is 31.2 Å². The lowest BCUT2D eigenvalue weighted by molar-refractivity contribution is -0.136. The summed E-state index contributed by atoms with van der Waals surface area (Å²) in [7, 11) is 0. The fourth-order valence-electron chi connectivity index (χ4n) is 2.39. The Balaban J connectivity index is 2.23. The van der Waals surface area contributed by atoms with E-state index in [1.54, 1.807) is 20.8 Å². The minimum absolute atomic E-state index is 0.0566. The van der Waals surface area contributed by atoms with Crippen molar-refractivity contribution in [3.05, 3.63) is 29.8 Å². The average molecular weight is 354 g/mol. The van der Waals surface area contributed by atoms with E-state index in [4.69, 9.17) is 0 Å². The maximum atomic E-state index is 12.7. The highest BCUT2D eigenvalue weighted by Crippen LogP contribution is 2.31. The number of Topliss-reactive ketones (excluding diaryl/α,β-unsaturated/α-hetero) is 1. The van der Waals surface area contributed by atoms with Gasteiger partial charge in [-0.1, -0.05) is 32.9 Å². The Morgan fingerprint density at radius 3 is 2.28 bits per heavy atom. The number of nitrogens with one attached hydrogen (secondary N) is 1. The van der Waals surface area contributed by atoms with Crippen LogP contribution in [0.2, 0.25) is 0 Å². The van der Waals surface area contributed by atoms with Crippen LogP contribution in [0.3, 0.4) is 0 Å². The number of imide groups is 1. The Morgan fingerprint density at radius 2 is 1.80 bits per heavy atom. The van der Waals surface area contributed by atoms with E-state index in [1.807, 2.05) is 0 Å². The number of ketones is 1. The largest absolute Gasteiger partial charge is 0.435 e. The Bertz CT molecular complexity index is 698. The van der Waals surface area contributed by atoms with E-state index < -0.39 is 29.5 Å². The summed E-state index contributed by atoms with van der Waals surface area (Å²) in [6.45, 7) is 3.33. The molecule has 0 spiro atoms. The van der Waals surface area contributed by atoms with Crippen molar-refractivity contribution in [2.24, 2.45) is 5.41 Å². The van der Waals surface area contributed by atoms with Crippen LogP contribution in [0.4, 0.5) is 13.6 Å². The minimum Gasteiger partial charge on any atom is -0.435 e. The molecule has 3 amide bonds. The predicted molar refractivity (Wildman–Crippen MR) is 85.1 cm³/mol. The number of nitrogens with zero attached hydrogens (tertiary/aromatic N) is 1. The van der Waals surface area contributed by atoms with Crippen molar-refractivity contribution in [1.29, 1.82) is 0 Å². The topological polar surface area (TPSA) is 75.7 Å². The first kappa shape index (κ1) is 18.8. The SMILES string of the molecule is CC(C)(C)C(=O)CN1C(=O)N[C@@](C)(c2ccc(OC(F)F)cc2)C1=O. The summed E-state index contributed by atoms with van der Waals surface area (Å²) in [6.07, 6.45) is 0. The number of hydrogen-bond acceptors (Lipinski definition) is 4. The Kier molecular flexibility index (Phi) is 4.83. The molecular formula is C17H20F2N2O4. The number of carbonyl (C=O) groups excluding carboxylic acids is 3. The first-order valence-corrected chi connectivity index (χ1v) is 7.68. The molecule has 1 N–H and O–H groups in total. The van der Waals surface area contributed by atoms with Gasteiger partial charge in [-0.2, -0.15) is 8.78 Å². The second kappa shape index (κ2) is 6.42. The number of halogens is 2. The van der Waals surface area contributed by atoms with E-state index in [0.717, 1.165) is 4.90 Å². The molecule has 0 aromatic heterocycles. The summed E-state index contributed by atoms with van der Waals surface area (Å²) in [5, 5.41) is 2.56. The van der Waals surface area contributed by atoms with Gasteiger partial charge in [0.2, 0.25) is 0 Å². The first-order chi connectivity index (χ1) is 11.4. The molecule has 8 heteroatoms. The highest BCUT2D eigenvalue weighted by Gasteiger charge is 2.49. The molecule has 6 nitrogen and oxygen atoms in total. The smallest absolute Gasteiger partial charge is 0.387 e. The van der Waals surface area contributed by atoms with Gasteiger partial charge in [0.15, 0.2) is 5.78 Å². The van der Waals surface area contributed by atoms with E-state index in [-0.39, 0.29) is 18.1 Å². The van der Waals surface area contributed by atoms with Crippen LogP contribution in [0.5, 0.6) is 5.75 Å². The number of rotatable bonds is 5. The van der Waals surface area contributed by atoms with Gasteiger partial charge in [-0.25, -0.2) is 4.79 Å². The monoisotopic (exact) mass is 354 g/mol. The summed E-state index contributed by atoms with van der Waals surface area (Å²) in [5.74, 6) is -0.877. The van der Waals surface area contributed by atoms with Gasteiger partial charge >= 0.3 is 12.6 Å². The normalized spacial score (nSPS) is 20.8. The molecule has 1 aromatic carbocycles. The van der Waals surface area contributed by atoms with Crippen molar-refractivity contribution in [3.8, 4) is 5.75 Å². The average Bonchev–Trinajstić information content (AvgIpc) is 2.70. The van der Waals surface area contributed by atoms with Gasteiger partial charge in [-0.05, 0) is 24.6 Å². The first-order valence-electron chi connectivity index (χ1n) is 7.68. The summed E-state index contributed by atoms with van der Waals surface area (Å²) < 4.78 is 28.7. The number of carbonyl (C=O) groups is 3. The third-order valence-electron chi connectivity index (χ3n) is 4.07. The number of ether oxygens (including phenoxy) is 1. The van der Waals surface area contributed by atoms with Crippen LogP contribution < -0.4 is 10.1 Å². The fraction of sp³-hybridized carbons (Fsp3) is 0.471. The zero-order valence-corrected chi connectivity index (χ0v) is 14.4. The molecule has 1 aliphatic rings. The quantitative estimate of drug-likeness (QED) is 0.825. The Morgan fingerprint density at radius 1 is 1.24 bits per heavy atom. The van der Waals surface area contributed by atoms with Gasteiger partial charge in [0.25, 0.3) is 5.91 Å². The van der Waals surface area contributed by atoms with Gasteiger partial charge < -0.3 is 10.1 Å². The third-order valence-corrected chi connectivity index (χ3v) is 4.07. The predicted octanol–water partition coefficient (Wildman–Crippen LogP) is 2.67. The summed E-state index contributed by atoms with van der Waals surface area (Å²) in [6, 6.07) is 4.75. The molecule has 136 valence electrons. The molecule has 1 aromatic rings. The van der Waals surface area contributed by atoms with E-state index >= 15 is 0 Å². The lowest BCUT2D eigenvalue weighted by Crippen LogP contribution is -2.42. The molecule has 1 fully saturated rings. The highest BCUT2D eigenvalue weighted by atomic mass is 19.3. The molecule has 25 heavy (non-hydrogen) atoms. The van der Waals surface area contributed by atoms with Gasteiger partial charge in [0.05, 0.1) is 6.54 Å². The van der Waals surface area contributed by atoms with Crippen LogP contribution in [0, 0.1) is 5.41 Å². The van der Waals surface area contributed by atoms with Crippen molar-refractivity contribution in [2.45, 2.75) is 39.8 Å². The second-order valence-electron chi connectivity index (χ2n) is 7.02. The standard InChI is InChI=1S/C17H20F2N2O4/c1-16(2,3)12(22)9-21-13(23)17(4,20-15(21)24)10-5-7-11(8-6-10)25-14(18)19/h5-8,14H,9H2,1-4H3,(H,20,24)/t17-/m0/s1. The minimum atomic E-state index is -2.95. The van der Waals surface area contributed by atoms with Crippen LogP contribution >= 0.6 is 0 Å². The summed E-state index contributed by atoms with van der Waals surface area (Å²) >= 11 is 0. The molecule has 0 saturated carbocycles. The van der Waals surface area contributed by atoms with Crippen LogP contribution in [-0.4, -0.2) is 35.8 Å². The van der Waals surface area contributed by atoms with Crippen molar-refractivity contribution in [2.75, 3.05) is 6.54 Å². The molecule has 0 aliphatic carbocycles. The fourth-order valence-corrected chi connectivity index (χ4v) is 2.39. The zero-order valence-electron chi connectivity index (χ0n) is 14.4. The molecule has 0 radical (unpaired) electrons. The number of amides is 3. The van der Waals surface area contributed by atoms with Crippen LogP contribution in [0.15, 0.2) is 24.3 Å². The van der Waals surface area contributed by atoms with Crippen molar-refractivity contribution < 1.29 is 27.9 Å². The van der Waals surface area contributed by atoms with E-state index in [9.17, 15) is 23.2 Å². The Hall–Kier alpha value is -2.51. The van der Waals surface area contributed by atoms with E-state index in [2.05, 4.69) is 10.1 Å². The van der Waals surface area contributed by atoms with Crippen LogP contribution in [0.1, 0.15) is 33.3 Å². The summed E-state index contributed by atoms with van der Waals surface area (Å²) in [5.41, 5.74) is -1.66. The van der Waals surface area contributed by atoms with Gasteiger partial charge in [-0.15, -0.1) is 0 Å². The molecule has 1 saturated heterocycles. The molecule has 1 atom stereocenters. The lowest BCUT2D eigenvalue weighted by atomic mass is 9.89. The molecule has 0 bridgehead atoms. The summed E-state index contributed by atoms with van der Waals surface area (Å²) in [4.78, 5) is 37.9. The van der Waals surface area contributed by atoms with Gasteiger partial charge in [0.1, 0.15) is 11.3 Å². The molecular weight excluding hydrogens is 334 g/mol. The lowest BCUT2D eigenvalue weighted by Gasteiger charge is -2.23. The van der Waals surface area contributed by atoms with Crippen LogP contribution in [0.25, 0.3) is 0 Å².